The Kier molecular flexibility index (Phi) is 11.3. The minimum Gasteiger partial charge on any atom is -0.243 e. The largest absolute Gasteiger partial charge is 0.243 e. The van der Waals surface area contributed by atoms with E-state index >= 15 is 0 Å². The fraction of sp³-hybridized carbons (Fsp3) is 1.00. The summed E-state index contributed by atoms with van der Waals surface area (Å²) >= 11 is 0. The molecule has 0 aromatic rings. The predicted octanol–water partition coefficient (Wildman–Crippen LogP) is 4.03. The van der Waals surface area contributed by atoms with Crippen LogP contribution in [0.2, 0.25) is 0 Å². The zero-order valence-corrected chi connectivity index (χ0v) is 12.9. The third-order valence-corrected chi connectivity index (χ3v) is 4.36. The third kappa shape index (κ3) is 11.0. The van der Waals surface area contributed by atoms with Crippen molar-refractivity contribution in [2.75, 3.05) is 6.54 Å². The summed E-state index contributed by atoms with van der Waals surface area (Å²) in [7, 11) is -0.844. The highest BCUT2D eigenvalue weighted by molar-refractivity contribution is 7.83. The molecule has 0 bridgehead atoms. The van der Waals surface area contributed by atoms with Crippen molar-refractivity contribution in [3.8, 4) is 0 Å². The second-order valence-electron chi connectivity index (χ2n) is 5.40. The molecule has 0 fully saturated rings. The molecule has 0 aliphatic heterocycles. The van der Waals surface area contributed by atoms with Gasteiger partial charge in [0.05, 0.1) is 11.0 Å². The van der Waals surface area contributed by atoms with Crippen molar-refractivity contribution in [3.63, 3.8) is 0 Å². The Bertz CT molecular complexity index is 195. The van der Waals surface area contributed by atoms with E-state index in [0.29, 0.717) is 5.92 Å². The summed E-state index contributed by atoms with van der Waals surface area (Å²) in [5, 5.41) is 0.273. The zero-order valence-electron chi connectivity index (χ0n) is 12.1. The summed E-state index contributed by atoms with van der Waals surface area (Å²) in [6.07, 6.45) is 8.79. The summed E-state index contributed by atoms with van der Waals surface area (Å²) in [5.41, 5.74) is 0. The lowest BCUT2D eigenvalue weighted by Gasteiger charge is -2.14. The summed E-state index contributed by atoms with van der Waals surface area (Å²) < 4.78 is 15.0. The van der Waals surface area contributed by atoms with Gasteiger partial charge in [-0.15, -0.1) is 0 Å². The van der Waals surface area contributed by atoms with Gasteiger partial charge in [0.25, 0.3) is 0 Å². The average Bonchev–Trinajstić information content (AvgIpc) is 2.26. The lowest BCUT2D eigenvalue weighted by atomic mass is 10.1. The maximum Gasteiger partial charge on any atom is 0.0944 e. The van der Waals surface area contributed by atoms with Crippen LogP contribution in [0.15, 0.2) is 0 Å². The topological polar surface area (TPSA) is 29.1 Å². The highest BCUT2D eigenvalue weighted by Gasteiger charge is 2.11. The molecule has 0 aliphatic carbocycles. The van der Waals surface area contributed by atoms with Crippen molar-refractivity contribution in [1.82, 2.24) is 4.72 Å². The van der Waals surface area contributed by atoms with E-state index in [9.17, 15) is 4.21 Å². The van der Waals surface area contributed by atoms with E-state index in [1.165, 1.54) is 32.1 Å². The van der Waals surface area contributed by atoms with Crippen molar-refractivity contribution in [3.05, 3.63) is 0 Å². The van der Waals surface area contributed by atoms with Gasteiger partial charge in [-0.25, -0.2) is 8.93 Å². The monoisotopic (exact) mass is 261 g/mol. The smallest absolute Gasteiger partial charge is 0.0944 e. The van der Waals surface area contributed by atoms with Crippen molar-refractivity contribution in [2.24, 2.45) is 5.92 Å². The number of rotatable bonds is 11. The first-order chi connectivity index (χ1) is 8.07. The summed E-state index contributed by atoms with van der Waals surface area (Å²) in [4.78, 5) is 0. The van der Waals surface area contributed by atoms with Crippen LogP contribution in [0, 0.1) is 5.92 Å². The molecule has 2 nitrogen and oxygen atoms in total. The highest BCUT2D eigenvalue weighted by atomic mass is 32.2. The van der Waals surface area contributed by atoms with E-state index in [1.54, 1.807) is 0 Å². The van der Waals surface area contributed by atoms with Gasteiger partial charge < -0.3 is 0 Å². The van der Waals surface area contributed by atoms with Crippen molar-refractivity contribution in [1.29, 1.82) is 0 Å². The summed E-state index contributed by atoms with van der Waals surface area (Å²) in [6, 6.07) is 0. The maximum absolute atomic E-state index is 11.8. The quantitative estimate of drug-likeness (QED) is 0.559. The fourth-order valence-corrected chi connectivity index (χ4v) is 3.16. The molecule has 0 aromatic carbocycles. The molecule has 0 radical (unpaired) electrons. The molecule has 0 spiro atoms. The first-order valence-electron chi connectivity index (χ1n) is 7.22. The van der Waals surface area contributed by atoms with Crippen molar-refractivity contribution < 1.29 is 4.21 Å². The molecule has 17 heavy (non-hydrogen) atoms. The molecule has 104 valence electrons. The van der Waals surface area contributed by atoms with Crippen LogP contribution in [-0.4, -0.2) is 16.0 Å². The molecule has 0 heterocycles. The zero-order chi connectivity index (χ0) is 13.1. The van der Waals surface area contributed by atoms with Gasteiger partial charge in [0.2, 0.25) is 0 Å². The molecule has 2 atom stereocenters. The van der Waals surface area contributed by atoms with Gasteiger partial charge in [-0.3, -0.25) is 0 Å². The minimum absolute atomic E-state index is 0.273. The molecule has 2 unspecified atom stereocenters. The first-order valence-corrected chi connectivity index (χ1v) is 8.43. The normalized spacial score (nSPS) is 15.1. The molecule has 0 aliphatic rings. The Balaban J connectivity index is 3.38. The van der Waals surface area contributed by atoms with Gasteiger partial charge in [-0.05, 0) is 25.7 Å². The molecule has 1 N–H and O–H groups in total. The lowest BCUT2D eigenvalue weighted by Crippen LogP contribution is -2.27. The van der Waals surface area contributed by atoms with Crippen LogP contribution in [0.1, 0.15) is 72.6 Å². The van der Waals surface area contributed by atoms with Crippen LogP contribution in [-0.2, 0) is 11.0 Å². The van der Waals surface area contributed by atoms with Gasteiger partial charge in [0.1, 0.15) is 0 Å². The predicted molar refractivity (Wildman–Crippen MR) is 78.4 cm³/mol. The molecular weight excluding hydrogens is 230 g/mol. The Morgan fingerprint density at radius 3 is 2.18 bits per heavy atom. The maximum atomic E-state index is 11.8. The summed E-state index contributed by atoms with van der Waals surface area (Å²) in [6.45, 7) is 9.58. The van der Waals surface area contributed by atoms with Crippen LogP contribution in [0.25, 0.3) is 0 Å². The second-order valence-corrected chi connectivity index (χ2v) is 7.09. The van der Waals surface area contributed by atoms with Crippen molar-refractivity contribution >= 4 is 11.0 Å². The van der Waals surface area contributed by atoms with Gasteiger partial charge in [-0.2, -0.15) is 0 Å². The first kappa shape index (κ1) is 17.1. The van der Waals surface area contributed by atoms with E-state index in [2.05, 4.69) is 32.4 Å². The number of unbranched alkanes of at least 4 members (excludes halogenated alkanes) is 5. The molecule has 0 saturated carbocycles. The number of nitrogens with one attached hydrogen (secondary N) is 1. The van der Waals surface area contributed by atoms with E-state index in [1.807, 2.05) is 0 Å². The molecule has 0 rings (SSSR count). The molecular formula is C14H31NOS. The second kappa shape index (κ2) is 11.2. The van der Waals surface area contributed by atoms with Gasteiger partial charge in [-0.1, -0.05) is 52.9 Å². The van der Waals surface area contributed by atoms with Crippen LogP contribution < -0.4 is 4.72 Å². The van der Waals surface area contributed by atoms with E-state index in [-0.39, 0.29) is 5.25 Å². The third-order valence-electron chi connectivity index (χ3n) is 2.94. The van der Waals surface area contributed by atoms with Crippen LogP contribution in [0.3, 0.4) is 0 Å². The van der Waals surface area contributed by atoms with Crippen LogP contribution in [0.4, 0.5) is 0 Å². The van der Waals surface area contributed by atoms with Gasteiger partial charge in [0.15, 0.2) is 0 Å². The molecule has 0 aromatic heterocycles. The number of hydrogen-bond acceptors (Lipinski definition) is 1. The minimum atomic E-state index is -0.844. The molecule has 0 saturated heterocycles. The van der Waals surface area contributed by atoms with Crippen LogP contribution in [0.5, 0.6) is 0 Å². The average molecular weight is 261 g/mol. The molecule has 3 heteroatoms. The highest BCUT2D eigenvalue weighted by Crippen LogP contribution is 2.09. The van der Waals surface area contributed by atoms with E-state index in [4.69, 9.17) is 0 Å². The Labute approximate surface area is 111 Å². The molecule has 0 amide bonds. The van der Waals surface area contributed by atoms with E-state index in [0.717, 1.165) is 19.4 Å². The number of hydrogen-bond donors (Lipinski definition) is 1. The van der Waals surface area contributed by atoms with Gasteiger partial charge >= 0.3 is 0 Å². The Morgan fingerprint density at radius 1 is 1.00 bits per heavy atom. The van der Waals surface area contributed by atoms with Crippen LogP contribution >= 0.6 is 0 Å². The SMILES string of the molecule is CCCCCCCCNS(=O)C(C)CC(C)C. The fourth-order valence-electron chi connectivity index (χ4n) is 1.97. The van der Waals surface area contributed by atoms with E-state index < -0.39 is 11.0 Å². The Morgan fingerprint density at radius 2 is 1.59 bits per heavy atom. The van der Waals surface area contributed by atoms with Gasteiger partial charge in [0, 0.05) is 11.8 Å². The standard InChI is InChI=1S/C14H31NOS/c1-5-6-7-8-9-10-11-15-17(16)14(4)12-13(2)3/h13-15H,5-12H2,1-4H3. The summed E-state index contributed by atoms with van der Waals surface area (Å²) in [5.74, 6) is 0.629. The lowest BCUT2D eigenvalue weighted by molar-refractivity contribution is 0.563. The Hall–Kier alpha value is 0.110. The van der Waals surface area contributed by atoms with Crippen molar-refractivity contribution in [2.45, 2.75) is 77.9 Å².